The SMILES string of the molecule is O=C(NC1CCCCC1)C(c1ccccc1Cl)N(C(=O)[C@@H]1CCCN1S(=O)(=O)N1CC1)c1ccc(-c2ccc([C@H](C(=O)NC3CCCCC3)N(C(=O)CNS(=O)(=O)N3CC3)c3cncc(F)c3)c(Cl)c2)c(F)c1. The lowest BCUT2D eigenvalue weighted by Crippen LogP contribution is -2.53. The molecule has 3 saturated heterocycles. The van der Waals surface area contributed by atoms with Gasteiger partial charge < -0.3 is 10.6 Å². The van der Waals surface area contributed by atoms with Crippen molar-refractivity contribution < 1.29 is 44.8 Å². The molecule has 2 saturated carbocycles. The third kappa shape index (κ3) is 11.9. The zero-order chi connectivity index (χ0) is 51.6. The molecule has 0 radical (unpaired) electrons. The van der Waals surface area contributed by atoms with Crippen LogP contribution < -0.4 is 25.2 Å². The second-order valence-corrected chi connectivity index (χ2v) is 23.6. The van der Waals surface area contributed by atoms with E-state index in [2.05, 4.69) is 20.3 Å². The van der Waals surface area contributed by atoms with Crippen molar-refractivity contribution in [3.8, 4) is 11.1 Å². The van der Waals surface area contributed by atoms with Crippen molar-refractivity contribution >= 4 is 78.6 Å². The summed E-state index contributed by atoms with van der Waals surface area (Å²) in [5.41, 5.74) is 0.253. The molecule has 3 aromatic carbocycles. The maximum atomic E-state index is 17.1. The summed E-state index contributed by atoms with van der Waals surface area (Å²) in [5.74, 6) is -4.62. The molecule has 5 fully saturated rings. The number of hydrogen-bond donors (Lipinski definition) is 3. The molecule has 4 amide bonds. The Hall–Kier alpha value is -5.13. The molecule has 3 N–H and O–H groups in total. The summed E-state index contributed by atoms with van der Waals surface area (Å²) in [6.07, 6.45) is 10.8. The van der Waals surface area contributed by atoms with Gasteiger partial charge in [-0.3, -0.25) is 34.0 Å². The van der Waals surface area contributed by atoms with Crippen LogP contribution in [0.15, 0.2) is 79.1 Å². The Morgan fingerprint density at radius 3 is 1.86 bits per heavy atom. The highest BCUT2D eigenvalue weighted by Crippen LogP contribution is 2.40. The maximum absolute atomic E-state index is 17.1. The fourth-order valence-electron chi connectivity index (χ4n) is 10.2. The first-order chi connectivity index (χ1) is 35.0. The van der Waals surface area contributed by atoms with Crippen molar-refractivity contribution in [1.82, 2.24) is 33.3 Å². The summed E-state index contributed by atoms with van der Waals surface area (Å²) >= 11 is 13.9. The Kier molecular flexibility index (Phi) is 16.2. The van der Waals surface area contributed by atoms with Crippen LogP contribution in [0.2, 0.25) is 10.0 Å². The highest BCUT2D eigenvalue weighted by Gasteiger charge is 2.48. The fourth-order valence-corrected chi connectivity index (χ4v) is 13.5. The molecule has 1 unspecified atom stereocenters. The van der Waals surface area contributed by atoms with Gasteiger partial charge in [0.1, 0.15) is 29.8 Å². The number of aromatic nitrogens is 1. The van der Waals surface area contributed by atoms with Crippen LogP contribution in [-0.2, 0) is 39.6 Å². The second kappa shape index (κ2) is 22.4. The summed E-state index contributed by atoms with van der Waals surface area (Å²) in [4.78, 5) is 64.9. The smallest absolute Gasteiger partial charge is 0.282 e. The summed E-state index contributed by atoms with van der Waals surface area (Å²) in [6.45, 7) is 0.420. The van der Waals surface area contributed by atoms with Crippen LogP contribution in [0.3, 0.4) is 0 Å². The fraction of sp³-hybridized carbons (Fsp3) is 0.460. The summed E-state index contributed by atoms with van der Waals surface area (Å²) < 4.78 is 90.8. The topological polar surface area (TPSA) is 201 Å². The van der Waals surface area contributed by atoms with Crippen LogP contribution in [0.1, 0.15) is 100 Å². The molecule has 17 nitrogen and oxygen atoms in total. The highest BCUT2D eigenvalue weighted by atomic mass is 35.5. The van der Waals surface area contributed by atoms with E-state index in [1.165, 1.54) is 34.6 Å². The summed E-state index contributed by atoms with van der Waals surface area (Å²) in [5, 5.41) is 6.18. The van der Waals surface area contributed by atoms with E-state index in [4.69, 9.17) is 23.2 Å². The van der Waals surface area contributed by atoms with Crippen LogP contribution >= 0.6 is 23.2 Å². The van der Waals surface area contributed by atoms with Gasteiger partial charge in [0, 0.05) is 83.3 Å². The number of rotatable bonds is 18. The highest BCUT2D eigenvalue weighted by molar-refractivity contribution is 7.87. The lowest BCUT2D eigenvalue weighted by Gasteiger charge is -2.36. The zero-order valence-electron chi connectivity index (χ0n) is 39.9. The average molecular weight is 1090 g/mol. The molecule has 5 aliphatic rings. The Bertz CT molecular complexity index is 2980. The minimum atomic E-state index is -4.04. The zero-order valence-corrected chi connectivity index (χ0v) is 43.0. The third-order valence-corrected chi connectivity index (χ3v) is 18.4. The van der Waals surface area contributed by atoms with Crippen LogP contribution in [0.4, 0.5) is 20.2 Å². The number of pyridine rings is 1. The van der Waals surface area contributed by atoms with Gasteiger partial charge in [-0.15, -0.1) is 0 Å². The van der Waals surface area contributed by atoms with Crippen molar-refractivity contribution in [1.29, 1.82) is 0 Å². The van der Waals surface area contributed by atoms with Gasteiger partial charge in [-0.05, 0) is 74.4 Å². The molecule has 390 valence electrons. The lowest BCUT2D eigenvalue weighted by atomic mass is 9.94. The van der Waals surface area contributed by atoms with Crippen LogP contribution in [0, 0.1) is 11.6 Å². The van der Waals surface area contributed by atoms with E-state index < -0.39 is 80.4 Å². The molecule has 1 aromatic heterocycles. The van der Waals surface area contributed by atoms with Gasteiger partial charge in [-0.2, -0.15) is 34.5 Å². The number of amides is 4. The van der Waals surface area contributed by atoms with E-state index in [1.807, 2.05) is 0 Å². The first kappa shape index (κ1) is 52.7. The molecule has 4 heterocycles. The van der Waals surface area contributed by atoms with Gasteiger partial charge in [-0.25, -0.2) is 8.78 Å². The minimum absolute atomic E-state index is 0.0212. The average Bonchev–Trinajstić information content (AvgIpc) is 4.33. The Morgan fingerprint density at radius 1 is 0.658 bits per heavy atom. The van der Waals surface area contributed by atoms with E-state index in [1.54, 1.807) is 24.3 Å². The first-order valence-corrected chi connectivity index (χ1v) is 28.3. The van der Waals surface area contributed by atoms with Crippen molar-refractivity contribution in [3.05, 3.63) is 112 Å². The normalized spacial score (nSPS) is 20.0. The number of hydrogen-bond acceptors (Lipinski definition) is 9. The van der Waals surface area contributed by atoms with Crippen molar-refractivity contribution in [2.24, 2.45) is 0 Å². The predicted molar refractivity (Wildman–Crippen MR) is 272 cm³/mol. The predicted octanol–water partition coefficient (Wildman–Crippen LogP) is 6.55. The number of carbonyl (C=O) groups excluding carboxylic acids is 4. The standard InChI is InChI=1S/C50H57Cl2F2N9O8S2/c51-41-15-8-7-14-39(41)47(49(66)58-35-12-5-2-6-13-35)63(50(67)44-16-9-21-61(44)73(70,71)60-24-25-60)36-18-20-38(43(54)28-36)32-17-19-40(42(52)26-32)46(48(65)57-34-10-3-1-4-11-34)62(37-27-33(53)29-55-30-37)45(64)31-56-72(68,69)59-22-23-59/h7-8,14-15,17-20,26-30,34-35,44,46-47,56H,1-6,9-13,16,21-25,31H2,(H,57,65)(H,58,66)/t44-,46+,47?/m0/s1. The monoisotopic (exact) mass is 1080 g/mol. The van der Waals surface area contributed by atoms with E-state index >= 15 is 9.18 Å². The van der Waals surface area contributed by atoms with Gasteiger partial charge in [-0.1, -0.05) is 92.1 Å². The van der Waals surface area contributed by atoms with Gasteiger partial charge in [0.05, 0.1) is 24.6 Å². The minimum Gasteiger partial charge on any atom is -0.351 e. The van der Waals surface area contributed by atoms with E-state index in [9.17, 15) is 35.6 Å². The molecule has 4 aromatic rings. The number of halogens is 4. The number of nitrogens with one attached hydrogen (secondary N) is 3. The van der Waals surface area contributed by atoms with Gasteiger partial charge in [0.15, 0.2) is 0 Å². The molecule has 9 rings (SSSR count). The number of nitrogens with zero attached hydrogens (tertiary/aromatic N) is 6. The number of carbonyl (C=O) groups is 4. The molecular weight excluding hydrogens is 1030 g/mol. The molecular formula is C50H57Cl2F2N9O8S2. The molecule has 3 atom stereocenters. The summed E-state index contributed by atoms with van der Waals surface area (Å²) in [7, 11) is -8.06. The molecule has 0 spiro atoms. The maximum Gasteiger partial charge on any atom is 0.282 e. The quantitative estimate of drug-likeness (QED) is 0.0924. The van der Waals surface area contributed by atoms with Crippen molar-refractivity contribution in [3.63, 3.8) is 0 Å². The van der Waals surface area contributed by atoms with Gasteiger partial charge >= 0.3 is 0 Å². The van der Waals surface area contributed by atoms with Crippen LogP contribution in [-0.4, -0.2) is 116 Å². The third-order valence-electron chi connectivity index (χ3n) is 14.1. The van der Waals surface area contributed by atoms with E-state index in [0.717, 1.165) is 81.5 Å². The first-order valence-electron chi connectivity index (χ1n) is 24.7. The molecule has 0 bridgehead atoms. The number of anilines is 2. The largest absolute Gasteiger partial charge is 0.351 e. The number of benzene rings is 3. The lowest BCUT2D eigenvalue weighted by molar-refractivity contribution is -0.128. The van der Waals surface area contributed by atoms with Gasteiger partial charge in [0.25, 0.3) is 20.4 Å². The van der Waals surface area contributed by atoms with Crippen molar-refractivity contribution in [2.75, 3.05) is 49.1 Å². The Balaban J connectivity index is 1.10. The van der Waals surface area contributed by atoms with Gasteiger partial charge in [0.2, 0.25) is 23.6 Å². The van der Waals surface area contributed by atoms with Crippen LogP contribution in [0.5, 0.6) is 0 Å². The van der Waals surface area contributed by atoms with E-state index in [0.29, 0.717) is 45.2 Å². The van der Waals surface area contributed by atoms with Crippen molar-refractivity contribution in [2.45, 2.75) is 107 Å². The summed E-state index contributed by atoms with van der Waals surface area (Å²) in [6, 6.07) is 11.0. The second-order valence-electron chi connectivity index (χ2n) is 19.1. The molecule has 23 heteroatoms. The molecule has 73 heavy (non-hydrogen) atoms. The van der Waals surface area contributed by atoms with Crippen LogP contribution in [0.25, 0.3) is 11.1 Å². The Labute approximate surface area is 433 Å². The molecule has 3 aliphatic heterocycles. The van der Waals surface area contributed by atoms with E-state index in [-0.39, 0.29) is 81.8 Å². The Morgan fingerprint density at radius 2 is 1.27 bits per heavy atom. The molecule has 2 aliphatic carbocycles.